The van der Waals surface area contributed by atoms with Crippen molar-refractivity contribution in [1.82, 2.24) is 9.88 Å². The SMILES string of the molecule is CC[C@H]1OC(=O)[C@H](C)[C@@H](O/C=C\Cc2cccc3cnccc23)[C@H](C)[C@@H](O[C@@H]2O[C@H](C)C[C@H](N(C)C)[C@H]2O)[C@](C)(OC)C[C@@H](C)/C(=N\OCc2ccccc2Cl)[C@H](C)[C@H]2OC(=O)O[C@@]21C. The topological polar surface area (TPSA) is 157 Å². The molecule has 1 aromatic heterocycles. The first-order valence-corrected chi connectivity index (χ1v) is 23.2. The summed E-state index contributed by atoms with van der Waals surface area (Å²) in [5.41, 5.74) is -0.206. The van der Waals surface area contributed by atoms with Crippen molar-refractivity contribution in [3.8, 4) is 0 Å². The van der Waals surface area contributed by atoms with Gasteiger partial charge in [0.2, 0.25) is 0 Å². The molecule has 4 heterocycles. The molecule has 1 N–H and O–H groups in total. The summed E-state index contributed by atoms with van der Waals surface area (Å²) in [5, 5.41) is 19.2. The fourth-order valence-electron chi connectivity index (χ4n) is 10.1. The highest BCUT2D eigenvalue weighted by atomic mass is 35.5. The lowest BCUT2D eigenvalue weighted by Gasteiger charge is -2.48. The highest BCUT2D eigenvalue weighted by Gasteiger charge is 2.59. The first-order chi connectivity index (χ1) is 30.9. The van der Waals surface area contributed by atoms with E-state index in [1.54, 1.807) is 39.5 Å². The number of halogens is 1. The quantitative estimate of drug-likeness (QED) is 0.105. The van der Waals surface area contributed by atoms with Gasteiger partial charge in [-0.3, -0.25) is 9.78 Å². The number of methoxy groups -OCH3 is 1. The van der Waals surface area contributed by atoms with Crippen LogP contribution in [0.5, 0.6) is 0 Å². The molecule has 356 valence electrons. The third kappa shape index (κ3) is 11.1. The van der Waals surface area contributed by atoms with Crippen molar-refractivity contribution >= 4 is 40.2 Å². The van der Waals surface area contributed by atoms with Crippen LogP contribution in [0.4, 0.5) is 4.79 Å². The zero-order valence-corrected chi connectivity index (χ0v) is 40.4. The van der Waals surface area contributed by atoms with Gasteiger partial charge >= 0.3 is 12.1 Å². The number of rotatable bonds is 12. The highest BCUT2D eigenvalue weighted by molar-refractivity contribution is 6.31. The molecule has 0 unspecified atom stereocenters. The molecule has 3 fully saturated rings. The van der Waals surface area contributed by atoms with E-state index in [1.165, 1.54) is 0 Å². The molecule has 0 saturated carbocycles. The van der Waals surface area contributed by atoms with E-state index in [1.807, 2.05) is 109 Å². The predicted octanol–water partition coefficient (Wildman–Crippen LogP) is 8.68. The van der Waals surface area contributed by atoms with Crippen LogP contribution < -0.4 is 0 Å². The zero-order valence-electron chi connectivity index (χ0n) is 39.6. The van der Waals surface area contributed by atoms with Crippen molar-refractivity contribution in [2.75, 3.05) is 21.2 Å². The maximum Gasteiger partial charge on any atom is 0.509 e. The van der Waals surface area contributed by atoms with Gasteiger partial charge in [-0.25, -0.2) is 4.79 Å². The molecular weight excluding hydrogens is 854 g/mol. The summed E-state index contributed by atoms with van der Waals surface area (Å²) in [6.45, 7) is 15.2. The number of fused-ring (bicyclic) bond motifs is 2. The van der Waals surface area contributed by atoms with E-state index in [0.717, 1.165) is 21.9 Å². The minimum Gasteiger partial charge on any atom is -0.497 e. The lowest BCUT2D eigenvalue weighted by molar-refractivity contribution is -0.301. The largest absolute Gasteiger partial charge is 0.509 e. The van der Waals surface area contributed by atoms with Gasteiger partial charge in [0.25, 0.3) is 0 Å². The standard InChI is InChI=1S/C50H68ClN3O11/c1-12-40-50(8)45(64-48(57)65-50)31(4)41(53-60-28-36-17-13-14-21-38(36)51)29(2)26-49(7,58-11)44(63-47-42(55)39(54(9)10)25-30(3)61-47)32(5)43(33(6)46(56)62-40)59-24-16-20-34-18-15-19-35-27-52-23-22-37(34)35/h13-19,21-24,27,29-33,39-40,42-45,47,55H,12,20,25-26,28H2,1-11H3/b24-16-,53-41+/t29-,30-,31+,32+,33-,39+,40-,42-,43+,44-,45-,47+,49-,50-/m1/s1. The van der Waals surface area contributed by atoms with Crippen LogP contribution in [0.2, 0.25) is 5.02 Å². The average Bonchev–Trinajstić information content (AvgIpc) is 3.60. The molecule has 6 rings (SSSR count). The summed E-state index contributed by atoms with van der Waals surface area (Å²) >= 11 is 6.50. The molecule has 3 aromatic rings. The molecule has 0 radical (unpaired) electrons. The van der Waals surface area contributed by atoms with Gasteiger partial charge in [0, 0.05) is 59.3 Å². The summed E-state index contributed by atoms with van der Waals surface area (Å²) in [6.07, 6.45) is 2.08. The van der Waals surface area contributed by atoms with Crippen LogP contribution >= 0.6 is 11.6 Å². The molecule has 15 heteroatoms. The Bertz CT molecular complexity index is 2150. The van der Waals surface area contributed by atoms with E-state index in [9.17, 15) is 14.7 Å². The fraction of sp³-hybridized carbons (Fsp3) is 0.600. The number of aliphatic hydroxyl groups is 1. The van der Waals surface area contributed by atoms with E-state index < -0.39 is 83.8 Å². The second kappa shape index (κ2) is 21.5. The van der Waals surface area contributed by atoms with Crippen molar-refractivity contribution in [3.63, 3.8) is 0 Å². The zero-order chi connectivity index (χ0) is 47.2. The van der Waals surface area contributed by atoms with Crippen molar-refractivity contribution in [2.45, 2.75) is 148 Å². The molecule has 14 nitrogen and oxygen atoms in total. The molecule has 3 saturated heterocycles. The number of benzene rings is 2. The third-order valence-corrected chi connectivity index (χ3v) is 14.1. The average molecular weight is 923 g/mol. The van der Waals surface area contributed by atoms with E-state index in [2.05, 4.69) is 11.1 Å². The molecular formula is C50H68ClN3O11. The number of cyclic esters (lactones) is 1. The number of hydrogen-bond donors (Lipinski definition) is 1. The van der Waals surface area contributed by atoms with Gasteiger partial charge < -0.3 is 48.0 Å². The Labute approximate surface area is 388 Å². The monoisotopic (exact) mass is 921 g/mol. The lowest BCUT2D eigenvalue weighted by Crippen LogP contribution is -2.60. The Morgan fingerprint density at radius 2 is 1.74 bits per heavy atom. The summed E-state index contributed by atoms with van der Waals surface area (Å²) in [4.78, 5) is 40.1. The van der Waals surface area contributed by atoms with Gasteiger partial charge in [0.15, 0.2) is 18.0 Å². The van der Waals surface area contributed by atoms with Crippen molar-refractivity contribution in [3.05, 3.63) is 89.4 Å². The van der Waals surface area contributed by atoms with Crippen molar-refractivity contribution in [2.24, 2.45) is 28.8 Å². The Hall–Kier alpha value is -4.31. The van der Waals surface area contributed by atoms with Crippen LogP contribution in [-0.2, 0) is 55.8 Å². The first kappa shape index (κ1) is 50.1. The second-order valence-electron chi connectivity index (χ2n) is 18.7. The number of carbonyl (C=O) groups excluding carboxylic acids is 2. The molecule has 65 heavy (non-hydrogen) atoms. The molecule has 14 atom stereocenters. The van der Waals surface area contributed by atoms with E-state index >= 15 is 0 Å². The number of esters is 1. The first-order valence-electron chi connectivity index (χ1n) is 22.8. The smallest absolute Gasteiger partial charge is 0.497 e. The normalized spacial score (nSPS) is 35.6. The number of carbonyl (C=O) groups is 2. The number of pyridine rings is 1. The van der Waals surface area contributed by atoms with Gasteiger partial charge in [0.1, 0.15) is 24.9 Å². The summed E-state index contributed by atoms with van der Waals surface area (Å²) in [6, 6.07) is 15.1. The van der Waals surface area contributed by atoms with Gasteiger partial charge in [-0.05, 0) is 96.6 Å². The maximum absolute atomic E-state index is 14.7. The molecule has 0 amide bonds. The van der Waals surface area contributed by atoms with E-state index in [4.69, 9.17) is 54.8 Å². The molecule has 0 bridgehead atoms. The number of hydrogen-bond acceptors (Lipinski definition) is 14. The summed E-state index contributed by atoms with van der Waals surface area (Å²) < 4.78 is 45.0. The maximum atomic E-state index is 14.7. The molecule has 2 aromatic carbocycles. The molecule has 0 spiro atoms. The van der Waals surface area contributed by atoms with Gasteiger partial charge in [0.05, 0.1) is 35.7 Å². The van der Waals surface area contributed by atoms with E-state index in [0.29, 0.717) is 36.4 Å². The Morgan fingerprint density at radius 1 is 1.00 bits per heavy atom. The Kier molecular flexibility index (Phi) is 16.6. The Balaban J connectivity index is 1.45. The molecule has 0 aliphatic carbocycles. The van der Waals surface area contributed by atoms with Crippen molar-refractivity contribution in [1.29, 1.82) is 0 Å². The molecule has 3 aliphatic heterocycles. The van der Waals surface area contributed by atoms with Gasteiger partial charge in [-0.15, -0.1) is 0 Å². The van der Waals surface area contributed by atoms with Crippen LogP contribution in [0.1, 0.15) is 85.8 Å². The summed E-state index contributed by atoms with van der Waals surface area (Å²) in [5.74, 6) is -3.09. The highest BCUT2D eigenvalue weighted by Crippen LogP contribution is 2.43. The fourth-order valence-corrected chi connectivity index (χ4v) is 10.3. The number of allylic oxidation sites excluding steroid dienone is 1. The number of ether oxygens (including phenoxy) is 7. The molecule has 3 aliphatic rings. The minimum atomic E-state index is -1.41. The number of oxime groups is 1. The lowest BCUT2D eigenvalue weighted by atomic mass is 9.73. The van der Waals surface area contributed by atoms with Crippen LogP contribution in [0.3, 0.4) is 0 Å². The van der Waals surface area contributed by atoms with Crippen LogP contribution in [0.25, 0.3) is 10.8 Å². The van der Waals surface area contributed by atoms with Gasteiger partial charge in [-0.1, -0.05) is 80.8 Å². The van der Waals surface area contributed by atoms with Crippen LogP contribution in [-0.4, -0.2) is 114 Å². The minimum absolute atomic E-state index is 0.0740. The van der Waals surface area contributed by atoms with Crippen LogP contribution in [0, 0.1) is 23.7 Å². The number of likely N-dealkylation sites (N-methyl/N-ethyl adjacent to an activating group) is 1. The van der Waals surface area contributed by atoms with Crippen molar-refractivity contribution < 1.29 is 52.7 Å². The number of aromatic nitrogens is 1. The summed E-state index contributed by atoms with van der Waals surface area (Å²) in [7, 11) is 5.45. The number of nitrogens with zero attached hydrogens (tertiary/aromatic N) is 3. The van der Waals surface area contributed by atoms with E-state index in [-0.39, 0.29) is 18.8 Å². The third-order valence-electron chi connectivity index (χ3n) is 13.8. The Morgan fingerprint density at radius 3 is 2.45 bits per heavy atom. The number of aliphatic hydroxyl groups excluding tert-OH is 1. The van der Waals surface area contributed by atoms with Crippen LogP contribution in [0.15, 0.2) is 78.4 Å². The second-order valence-corrected chi connectivity index (χ2v) is 19.1. The predicted molar refractivity (Wildman–Crippen MR) is 247 cm³/mol. The van der Waals surface area contributed by atoms with Gasteiger partial charge in [-0.2, -0.15) is 0 Å².